The highest BCUT2D eigenvalue weighted by molar-refractivity contribution is 6.25. The zero-order chi connectivity index (χ0) is 25.5. The molecule has 0 saturated heterocycles. The van der Waals surface area contributed by atoms with E-state index in [2.05, 4.69) is 125 Å². The van der Waals surface area contributed by atoms with Crippen molar-refractivity contribution in [2.24, 2.45) is 0 Å². The molecule has 184 valence electrons. The highest BCUT2D eigenvalue weighted by atomic mass is 15.0. The van der Waals surface area contributed by atoms with Crippen molar-refractivity contribution in [2.75, 3.05) is 5.32 Å². The van der Waals surface area contributed by atoms with Crippen molar-refractivity contribution in [1.82, 2.24) is 4.57 Å². The third kappa shape index (κ3) is 2.97. The Labute approximate surface area is 226 Å². The van der Waals surface area contributed by atoms with Crippen LogP contribution in [0.5, 0.6) is 0 Å². The average molecular weight is 499 g/mol. The monoisotopic (exact) mass is 498 g/mol. The standard InChI is InChI=1S/C37H26N2/c1-2-9-29-27(7-1)28-8-3-4-10-30(28)33-19-24(15-18-31(29)33)23-13-16-26(17-14-23)39-36-12-6-5-11-32(36)34-20-25-22-38-35(25)21-37(34)39/h1-4,6-10,12-21,38H,5,11,22H2. The summed E-state index contributed by atoms with van der Waals surface area (Å²) >= 11 is 0. The number of nitrogens with one attached hydrogen (secondary N) is 1. The predicted molar refractivity (Wildman–Crippen MR) is 166 cm³/mol. The van der Waals surface area contributed by atoms with Crippen LogP contribution in [-0.2, 0) is 13.0 Å². The number of fused-ring (bicyclic) bond motifs is 10. The van der Waals surface area contributed by atoms with Crippen LogP contribution in [0.3, 0.4) is 0 Å². The molecule has 2 heteroatoms. The van der Waals surface area contributed by atoms with Crippen LogP contribution in [0.25, 0.3) is 66.1 Å². The van der Waals surface area contributed by atoms with Crippen LogP contribution >= 0.6 is 0 Å². The Morgan fingerprint density at radius 3 is 1.95 bits per heavy atom. The number of aryl methyl sites for hydroxylation is 1. The molecule has 0 fully saturated rings. The van der Waals surface area contributed by atoms with E-state index in [0.717, 1.165) is 19.4 Å². The summed E-state index contributed by atoms with van der Waals surface area (Å²) in [6, 6.07) is 38.4. The lowest BCUT2D eigenvalue weighted by molar-refractivity contribution is 0.967. The van der Waals surface area contributed by atoms with Gasteiger partial charge in [0, 0.05) is 29.0 Å². The van der Waals surface area contributed by atoms with Crippen molar-refractivity contribution in [2.45, 2.75) is 19.4 Å². The van der Waals surface area contributed by atoms with Crippen molar-refractivity contribution < 1.29 is 0 Å². The molecule has 39 heavy (non-hydrogen) atoms. The molecule has 1 aliphatic carbocycles. The maximum atomic E-state index is 3.48. The fourth-order valence-electron chi connectivity index (χ4n) is 6.89. The number of anilines is 1. The predicted octanol–water partition coefficient (Wildman–Crippen LogP) is 9.64. The van der Waals surface area contributed by atoms with Gasteiger partial charge in [-0.2, -0.15) is 0 Å². The topological polar surface area (TPSA) is 17.0 Å². The maximum Gasteiger partial charge on any atom is 0.0558 e. The Morgan fingerprint density at radius 2 is 1.26 bits per heavy atom. The molecule has 6 aromatic carbocycles. The summed E-state index contributed by atoms with van der Waals surface area (Å²) in [6.45, 7) is 0.979. The van der Waals surface area contributed by atoms with Crippen molar-refractivity contribution in [3.8, 4) is 16.8 Å². The number of benzene rings is 6. The first-order valence-corrected chi connectivity index (χ1v) is 13.9. The molecular formula is C37H26N2. The van der Waals surface area contributed by atoms with Gasteiger partial charge in [0.15, 0.2) is 0 Å². The minimum absolute atomic E-state index is 0.979. The molecule has 1 N–H and O–H groups in total. The van der Waals surface area contributed by atoms with E-state index in [1.165, 1.54) is 82.5 Å². The lowest BCUT2D eigenvalue weighted by atomic mass is 9.92. The smallest absolute Gasteiger partial charge is 0.0558 e. The lowest BCUT2D eigenvalue weighted by Crippen LogP contribution is -2.13. The van der Waals surface area contributed by atoms with Gasteiger partial charge in [-0.3, -0.25) is 0 Å². The second-order valence-electron chi connectivity index (χ2n) is 10.9. The number of hydrogen-bond donors (Lipinski definition) is 1. The van der Waals surface area contributed by atoms with E-state index in [1.807, 2.05) is 0 Å². The zero-order valence-corrected chi connectivity index (χ0v) is 21.5. The van der Waals surface area contributed by atoms with E-state index in [1.54, 1.807) is 0 Å². The Hall–Kier alpha value is -4.82. The van der Waals surface area contributed by atoms with E-state index in [0.29, 0.717) is 0 Å². The summed E-state index contributed by atoms with van der Waals surface area (Å²) in [7, 11) is 0. The molecule has 0 bridgehead atoms. The van der Waals surface area contributed by atoms with Gasteiger partial charge in [0.2, 0.25) is 0 Å². The molecule has 0 atom stereocenters. The molecule has 2 heterocycles. The fraction of sp³-hybridized carbons (Fsp3) is 0.0811. The molecular weight excluding hydrogens is 472 g/mol. The molecule has 0 saturated carbocycles. The number of allylic oxidation sites excluding steroid dienone is 1. The number of hydrogen-bond acceptors (Lipinski definition) is 1. The largest absolute Gasteiger partial charge is 0.381 e. The van der Waals surface area contributed by atoms with Crippen LogP contribution in [0.1, 0.15) is 23.2 Å². The van der Waals surface area contributed by atoms with Crippen LogP contribution < -0.4 is 5.32 Å². The quantitative estimate of drug-likeness (QED) is 0.235. The molecule has 7 aromatic rings. The molecule has 0 spiro atoms. The van der Waals surface area contributed by atoms with Gasteiger partial charge in [0.05, 0.1) is 5.52 Å². The Balaban J connectivity index is 1.21. The summed E-state index contributed by atoms with van der Waals surface area (Å²) in [5.41, 5.74) is 10.5. The molecule has 0 amide bonds. The highest BCUT2D eigenvalue weighted by Crippen LogP contribution is 2.40. The van der Waals surface area contributed by atoms with Crippen LogP contribution in [-0.4, -0.2) is 4.57 Å². The van der Waals surface area contributed by atoms with Crippen molar-refractivity contribution >= 4 is 55.0 Å². The third-order valence-corrected chi connectivity index (χ3v) is 8.85. The minimum atomic E-state index is 0.979. The fourth-order valence-corrected chi connectivity index (χ4v) is 6.89. The Kier molecular flexibility index (Phi) is 4.25. The van der Waals surface area contributed by atoms with Crippen molar-refractivity contribution in [3.05, 3.63) is 126 Å². The molecule has 0 unspecified atom stereocenters. The van der Waals surface area contributed by atoms with Gasteiger partial charge in [-0.15, -0.1) is 0 Å². The highest BCUT2D eigenvalue weighted by Gasteiger charge is 2.22. The van der Waals surface area contributed by atoms with E-state index in [-0.39, 0.29) is 0 Å². The first-order chi connectivity index (χ1) is 19.3. The lowest BCUT2D eigenvalue weighted by Gasteiger charge is -2.22. The van der Waals surface area contributed by atoms with E-state index in [9.17, 15) is 0 Å². The zero-order valence-electron chi connectivity index (χ0n) is 21.5. The number of aromatic nitrogens is 1. The Bertz CT molecular complexity index is 2120. The summed E-state index contributed by atoms with van der Waals surface area (Å²) in [5, 5.41) is 12.8. The normalized spacial score (nSPS) is 13.9. The average Bonchev–Trinajstić information content (AvgIpc) is 3.31. The Morgan fingerprint density at radius 1 is 0.590 bits per heavy atom. The number of nitrogens with zero attached hydrogens (tertiary/aromatic N) is 1. The summed E-state index contributed by atoms with van der Waals surface area (Å²) in [4.78, 5) is 0. The first-order valence-electron chi connectivity index (χ1n) is 13.9. The summed E-state index contributed by atoms with van der Waals surface area (Å²) in [5.74, 6) is 0. The van der Waals surface area contributed by atoms with E-state index < -0.39 is 0 Å². The summed E-state index contributed by atoms with van der Waals surface area (Å²) < 4.78 is 2.45. The second kappa shape index (κ2) is 7.85. The minimum Gasteiger partial charge on any atom is -0.381 e. The van der Waals surface area contributed by atoms with E-state index >= 15 is 0 Å². The van der Waals surface area contributed by atoms with Crippen LogP contribution in [0.2, 0.25) is 0 Å². The van der Waals surface area contributed by atoms with Gasteiger partial charge in [-0.1, -0.05) is 78.9 Å². The number of rotatable bonds is 2. The maximum absolute atomic E-state index is 3.48. The third-order valence-electron chi connectivity index (χ3n) is 8.85. The molecule has 9 rings (SSSR count). The van der Waals surface area contributed by atoms with Crippen LogP contribution in [0.4, 0.5) is 5.69 Å². The van der Waals surface area contributed by atoms with Crippen molar-refractivity contribution in [3.63, 3.8) is 0 Å². The van der Waals surface area contributed by atoms with E-state index in [4.69, 9.17) is 0 Å². The second-order valence-corrected chi connectivity index (χ2v) is 10.9. The van der Waals surface area contributed by atoms with Gasteiger partial charge in [0.25, 0.3) is 0 Å². The molecule has 1 aromatic heterocycles. The van der Waals surface area contributed by atoms with Gasteiger partial charge in [-0.05, 0) is 104 Å². The van der Waals surface area contributed by atoms with Crippen LogP contribution in [0.15, 0.2) is 109 Å². The molecule has 2 aliphatic rings. The SMILES string of the molecule is C1=Cc2c(c3cc4c(cc3n2-c2ccc(-c3ccc5c6ccccc6c6ccccc6c5c3)cc2)NC4)CC1. The van der Waals surface area contributed by atoms with Gasteiger partial charge < -0.3 is 9.88 Å². The van der Waals surface area contributed by atoms with Gasteiger partial charge in [0.1, 0.15) is 0 Å². The van der Waals surface area contributed by atoms with Crippen LogP contribution in [0, 0.1) is 0 Å². The summed E-state index contributed by atoms with van der Waals surface area (Å²) in [6.07, 6.45) is 6.86. The molecule has 1 aliphatic heterocycles. The molecule has 2 nitrogen and oxygen atoms in total. The van der Waals surface area contributed by atoms with Gasteiger partial charge in [-0.25, -0.2) is 0 Å². The first kappa shape index (κ1) is 21.2. The van der Waals surface area contributed by atoms with Crippen molar-refractivity contribution in [1.29, 1.82) is 0 Å². The van der Waals surface area contributed by atoms with Gasteiger partial charge >= 0.3 is 0 Å². The molecule has 0 radical (unpaired) electrons.